The fraction of sp³-hybridized carbons (Fsp3) is 0.0833. The van der Waals surface area contributed by atoms with Gasteiger partial charge in [-0.25, -0.2) is 0 Å². The minimum atomic E-state index is -0.243. The molecule has 0 bridgehead atoms. The number of nitrogens with one attached hydrogen (secondary N) is 1. The number of aryl methyl sites for hydroxylation is 1. The van der Waals surface area contributed by atoms with Crippen molar-refractivity contribution in [2.24, 2.45) is 0 Å². The van der Waals surface area contributed by atoms with Gasteiger partial charge in [0.15, 0.2) is 0 Å². The molecule has 0 aliphatic rings. The monoisotopic (exact) mass is 200 g/mol. The predicted octanol–water partition coefficient (Wildman–Crippen LogP) is 1.93. The highest BCUT2D eigenvalue weighted by molar-refractivity contribution is 5.60. The molecule has 1 aromatic heterocycles. The first-order valence-corrected chi connectivity index (χ1v) is 4.72. The van der Waals surface area contributed by atoms with Gasteiger partial charge in [0.1, 0.15) is 0 Å². The first-order valence-electron chi connectivity index (χ1n) is 4.72. The second-order valence-electron chi connectivity index (χ2n) is 3.52. The Morgan fingerprint density at radius 1 is 1.07 bits per heavy atom. The summed E-state index contributed by atoms with van der Waals surface area (Å²) < 4.78 is 0. The van der Waals surface area contributed by atoms with Gasteiger partial charge in [0.05, 0.1) is 5.69 Å². The number of H-pyrrole nitrogens is 1. The van der Waals surface area contributed by atoms with Gasteiger partial charge in [0.2, 0.25) is 0 Å². The lowest BCUT2D eigenvalue weighted by atomic mass is 10.1. The van der Waals surface area contributed by atoms with E-state index in [9.17, 15) is 4.79 Å². The van der Waals surface area contributed by atoms with Crippen LogP contribution in [-0.4, -0.2) is 4.98 Å². The third kappa shape index (κ3) is 1.91. The Labute approximate surface area is 87.6 Å². The van der Waals surface area contributed by atoms with Crippen LogP contribution in [0.4, 0.5) is 5.69 Å². The van der Waals surface area contributed by atoms with Gasteiger partial charge in [-0.05, 0) is 24.6 Å². The Bertz CT molecular complexity index is 526. The van der Waals surface area contributed by atoms with Gasteiger partial charge in [0, 0.05) is 5.69 Å². The lowest BCUT2D eigenvalue weighted by Crippen LogP contribution is -2.11. The molecule has 3 nitrogen and oxygen atoms in total. The zero-order chi connectivity index (χ0) is 10.8. The van der Waals surface area contributed by atoms with E-state index in [-0.39, 0.29) is 11.2 Å². The topological polar surface area (TPSA) is 58.9 Å². The first-order chi connectivity index (χ1) is 7.16. The third-order valence-corrected chi connectivity index (χ3v) is 2.30. The van der Waals surface area contributed by atoms with Crippen molar-refractivity contribution in [3.63, 3.8) is 0 Å². The van der Waals surface area contributed by atoms with E-state index in [1.165, 1.54) is 5.56 Å². The zero-order valence-electron chi connectivity index (χ0n) is 8.45. The van der Waals surface area contributed by atoms with Gasteiger partial charge < -0.3 is 10.7 Å². The minimum Gasteiger partial charge on any atom is -0.394 e. The zero-order valence-corrected chi connectivity index (χ0v) is 8.45. The number of benzene rings is 1. The van der Waals surface area contributed by atoms with Crippen LogP contribution in [0.5, 0.6) is 0 Å². The Morgan fingerprint density at radius 2 is 1.73 bits per heavy atom. The molecule has 0 saturated carbocycles. The summed E-state index contributed by atoms with van der Waals surface area (Å²) in [5, 5.41) is 0. The average molecular weight is 200 g/mol. The molecular formula is C12H12N2O. The molecule has 15 heavy (non-hydrogen) atoms. The molecule has 1 aromatic carbocycles. The smallest absolute Gasteiger partial charge is 0.271 e. The quantitative estimate of drug-likeness (QED) is 0.739. The van der Waals surface area contributed by atoms with Crippen molar-refractivity contribution >= 4 is 5.69 Å². The summed E-state index contributed by atoms with van der Waals surface area (Å²) in [6, 6.07) is 11.4. The highest BCUT2D eigenvalue weighted by Gasteiger charge is 1.99. The molecule has 2 rings (SSSR count). The van der Waals surface area contributed by atoms with Crippen LogP contribution >= 0.6 is 0 Å². The van der Waals surface area contributed by atoms with Crippen LogP contribution in [0.25, 0.3) is 11.3 Å². The van der Waals surface area contributed by atoms with Crippen LogP contribution in [0.1, 0.15) is 5.56 Å². The Hall–Kier alpha value is -2.03. The molecule has 0 spiro atoms. The standard InChI is InChI=1S/C12H12N2O/c1-8-2-4-9(5-3-8)11-7-6-10(13)12(15)14-11/h2-7H,13H2,1H3,(H,14,15). The van der Waals surface area contributed by atoms with Crippen LogP contribution in [0, 0.1) is 6.92 Å². The van der Waals surface area contributed by atoms with E-state index in [0.717, 1.165) is 11.3 Å². The number of rotatable bonds is 1. The van der Waals surface area contributed by atoms with E-state index in [1.54, 1.807) is 12.1 Å². The van der Waals surface area contributed by atoms with Gasteiger partial charge in [-0.2, -0.15) is 0 Å². The summed E-state index contributed by atoms with van der Waals surface area (Å²) >= 11 is 0. The van der Waals surface area contributed by atoms with Crippen LogP contribution in [-0.2, 0) is 0 Å². The van der Waals surface area contributed by atoms with Crippen LogP contribution < -0.4 is 11.3 Å². The molecule has 2 aromatic rings. The Kier molecular flexibility index (Phi) is 2.29. The second kappa shape index (κ2) is 3.61. The van der Waals surface area contributed by atoms with Crippen LogP contribution in [0.15, 0.2) is 41.2 Å². The van der Waals surface area contributed by atoms with Crippen molar-refractivity contribution < 1.29 is 0 Å². The van der Waals surface area contributed by atoms with Crippen LogP contribution in [0.2, 0.25) is 0 Å². The van der Waals surface area contributed by atoms with Crippen molar-refractivity contribution in [2.75, 3.05) is 5.73 Å². The number of aromatic amines is 1. The molecule has 1 heterocycles. The second-order valence-corrected chi connectivity index (χ2v) is 3.52. The summed E-state index contributed by atoms with van der Waals surface area (Å²) in [5.74, 6) is 0. The molecule has 0 saturated heterocycles. The average Bonchev–Trinajstić information content (AvgIpc) is 2.23. The van der Waals surface area contributed by atoms with Crippen molar-refractivity contribution in [3.8, 4) is 11.3 Å². The van der Waals surface area contributed by atoms with E-state index in [2.05, 4.69) is 4.98 Å². The predicted molar refractivity (Wildman–Crippen MR) is 61.6 cm³/mol. The van der Waals surface area contributed by atoms with Crippen molar-refractivity contribution in [1.82, 2.24) is 4.98 Å². The van der Waals surface area contributed by atoms with E-state index in [0.29, 0.717) is 0 Å². The molecule has 76 valence electrons. The number of anilines is 1. The maximum Gasteiger partial charge on any atom is 0.271 e. The summed E-state index contributed by atoms with van der Waals surface area (Å²) in [4.78, 5) is 14.0. The fourth-order valence-electron chi connectivity index (χ4n) is 1.39. The van der Waals surface area contributed by atoms with E-state index < -0.39 is 0 Å². The van der Waals surface area contributed by atoms with Gasteiger partial charge in [-0.3, -0.25) is 4.79 Å². The SMILES string of the molecule is Cc1ccc(-c2ccc(N)c(=O)[nH]2)cc1. The fourth-order valence-corrected chi connectivity index (χ4v) is 1.39. The summed E-state index contributed by atoms with van der Waals surface area (Å²) in [6.07, 6.45) is 0. The van der Waals surface area contributed by atoms with Crippen molar-refractivity contribution in [3.05, 3.63) is 52.3 Å². The lowest BCUT2D eigenvalue weighted by molar-refractivity contribution is 1.24. The lowest BCUT2D eigenvalue weighted by Gasteiger charge is -2.02. The molecular weight excluding hydrogens is 188 g/mol. The molecule has 3 N–H and O–H groups in total. The van der Waals surface area contributed by atoms with Gasteiger partial charge in [-0.15, -0.1) is 0 Å². The first kappa shape index (κ1) is 9.52. The van der Waals surface area contributed by atoms with E-state index in [1.807, 2.05) is 31.2 Å². The molecule has 0 amide bonds. The highest BCUT2D eigenvalue weighted by atomic mass is 16.1. The summed E-state index contributed by atoms with van der Waals surface area (Å²) in [6.45, 7) is 2.02. The number of hydrogen-bond acceptors (Lipinski definition) is 2. The van der Waals surface area contributed by atoms with Gasteiger partial charge in [0.25, 0.3) is 5.56 Å². The Morgan fingerprint density at radius 3 is 2.33 bits per heavy atom. The van der Waals surface area contributed by atoms with E-state index >= 15 is 0 Å². The maximum absolute atomic E-state index is 11.3. The normalized spacial score (nSPS) is 10.2. The molecule has 0 fully saturated rings. The third-order valence-electron chi connectivity index (χ3n) is 2.30. The summed E-state index contributed by atoms with van der Waals surface area (Å²) in [5.41, 5.74) is 8.41. The number of hydrogen-bond donors (Lipinski definition) is 2. The number of nitrogens with two attached hydrogens (primary N) is 1. The molecule has 0 unspecified atom stereocenters. The van der Waals surface area contributed by atoms with E-state index in [4.69, 9.17) is 5.73 Å². The van der Waals surface area contributed by atoms with Crippen molar-refractivity contribution in [2.45, 2.75) is 6.92 Å². The highest BCUT2D eigenvalue weighted by Crippen LogP contribution is 2.16. The molecule has 0 aliphatic heterocycles. The maximum atomic E-state index is 11.3. The van der Waals surface area contributed by atoms with Gasteiger partial charge >= 0.3 is 0 Å². The van der Waals surface area contributed by atoms with Crippen LogP contribution in [0.3, 0.4) is 0 Å². The number of aromatic nitrogens is 1. The molecule has 0 radical (unpaired) electrons. The molecule has 0 aliphatic carbocycles. The summed E-state index contributed by atoms with van der Waals surface area (Å²) in [7, 11) is 0. The largest absolute Gasteiger partial charge is 0.394 e. The molecule has 0 atom stereocenters. The number of pyridine rings is 1. The minimum absolute atomic E-state index is 0.242. The van der Waals surface area contributed by atoms with Gasteiger partial charge in [-0.1, -0.05) is 29.8 Å². The molecule has 3 heteroatoms. The number of nitrogen functional groups attached to an aromatic ring is 1. The Balaban J connectivity index is 2.50. The van der Waals surface area contributed by atoms with Crippen molar-refractivity contribution in [1.29, 1.82) is 0 Å².